The number of amides is 2. The molecule has 0 radical (unpaired) electrons. The number of carbonyl (C=O) groups excluding carboxylic acids is 2. The van der Waals surface area contributed by atoms with E-state index in [2.05, 4.69) is 10.3 Å². The number of ether oxygens (including phenoxy) is 3. The van der Waals surface area contributed by atoms with Crippen LogP contribution in [0.15, 0.2) is 46.5 Å². The van der Waals surface area contributed by atoms with Gasteiger partial charge in [0.25, 0.3) is 5.91 Å². The number of carbonyl (C=O) groups is 2. The highest BCUT2D eigenvalue weighted by Gasteiger charge is 2.30. The summed E-state index contributed by atoms with van der Waals surface area (Å²) in [6.07, 6.45) is 3.44. The molecular formula is C30H42FN3O8. The van der Waals surface area contributed by atoms with E-state index in [9.17, 15) is 29.3 Å². The number of rotatable bonds is 5. The van der Waals surface area contributed by atoms with Crippen molar-refractivity contribution < 1.29 is 43.5 Å². The van der Waals surface area contributed by atoms with E-state index in [0.717, 1.165) is 12.3 Å². The van der Waals surface area contributed by atoms with Gasteiger partial charge in [-0.1, -0.05) is 38.2 Å². The number of halogens is 1. The van der Waals surface area contributed by atoms with Gasteiger partial charge in [0.05, 0.1) is 17.9 Å². The maximum atomic E-state index is 13.0. The molecule has 0 saturated heterocycles. The minimum absolute atomic E-state index is 0.0244. The number of hydrogen-bond donors (Lipinski definition) is 5. The maximum absolute atomic E-state index is 13.0. The Balaban J connectivity index is 2.69. The van der Waals surface area contributed by atoms with E-state index in [1.165, 1.54) is 20.3 Å². The van der Waals surface area contributed by atoms with Crippen LogP contribution >= 0.6 is 0 Å². The summed E-state index contributed by atoms with van der Waals surface area (Å²) in [5.74, 6) is -1.96. The van der Waals surface area contributed by atoms with Crippen molar-refractivity contribution >= 4 is 29.6 Å². The van der Waals surface area contributed by atoms with E-state index in [0.29, 0.717) is 12.0 Å². The third kappa shape index (κ3) is 9.13. The number of hydrogen-bond acceptors (Lipinski definition) is 9. The van der Waals surface area contributed by atoms with Crippen molar-refractivity contribution in [1.29, 1.82) is 0 Å². The highest BCUT2D eigenvalue weighted by Crippen LogP contribution is 2.44. The number of alkyl halides is 1. The SMILES string of the molecule is COC1C=C/C=C(/C)C(=O)Nc2cc(O)c(N=CCF)c(c2O)CC(C)CC(OC)C(O)C(C)C=C(C)C1OC(N)=O. The number of primary amides is 1. The van der Waals surface area contributed by atoms with Crippen LogP contribution in [-0.4, -0.2) is 78.8 Å². The van der Waals surface area contributed by atoms with Crippen LogP contribution in [0.4, 0.5) is 20.6 Å². The number of phenolic OH excluding ortho intramolecular Hbond substituents is 2. The molecular weight excluding hydrogens is 549 g/mol. The molecule has 1 aromatic rings. The lowest BCUT2D eigenvalue weighted by Gasteiger charge is -2.29. The lowest BCUT2D eigenvalue weighted by atomic mass is 9.87. The zero-order chi connectivity index (χ0) is 31.6. The van der Waals surface area contributed by atoms with E-state index < -0.39 is 49.0 Å². The summed E-state index contributed by atoms with van der Waals surface area (Å²) >= 11 is 0. The lowest BCUT2D eigenvalue weighted by Crippen LogP contribution is -2.37. The first-order chi connectivity index (χ1) is 19.8. The van der Waals surface area contributed by atoms with Gasteiger partial charge >= 0.3 is 6.09 Å². The summed E-state index contributed by atoms with van der Waals surface area (Å²) in [4.78, 5) is 28.7. The molecule has 0 aliphatic carbocycles. The monoisotopic (exact) mass is 591 g/mol. The first-order valence-corrected chi connectivity index (χ1v) is 13.5. The van der Waals surface area contributed by atoms with Crippen LogP contribution < -0.4 is 11.1 Å². The number of nitrogens with one attached hydrogen (secondary N) is 1. The maximum Gasteiger partial charge on any atom is 0.405 e. The van der Waals surface area contributed by atoms with Crippen LogP contribution in [0, 0.1) is 11.8 Å². The fraction of sp³-hybridized carbons (Fsp3) is 0.500. The van der Waals surface area contributed by atoms with Crippen molar-refractivity contribution in [3.05, 3.63) is 47.1 Å². The fourth-order valence-electron chi connectivity index (χ4n) is 4.86. The van der Waals surface area contributed by atoms with Gasteiger partial charge in [-0.3, -0.25) is 9.79 Å². The molecule has 2 rings (SSSR count). The zero-order valence-electron chi connectivity index (χ0n) is 24.8. The minimum atomic E-state index is -1.01. The van der Waals surface area contributed by atoms with Crippen LogP contribution in [0.2, 0.25) is 0 Å². The second-order valence-electron chi connectivity index (χ2n) is 10.4. The van der Waals surface area contributed by atoms with Gasteiger partial charge in [0.2, 0.25) is 0 Å². The molecule has 1 heterocycles. The Hall–Kier alpha value is -3.74. The number of aliphatic hydroxyl groups is 1. The molecule has 0 fully saturated rings. The number of phenols is 2. The zero-order valence-corrected chi connectivity index (χ0v) is 24.8. The van der Waals surface area contributed by atoms with Crippen LogP contribution in [0.25, 0.3) is 0 Å². The van der Waals surface area contributed by atoms with Gasteiger partial charge < -0.3 is 40.6 Å². The van der Waals surface area contributed by atoms with Crippen LogP contribution in [0.3, 0.4) is 0 Å². The molecule has 0 aromatic heterocycles. The third-order valence-electron chi connectivity index (χ3n) is 7.09. The highest BCUT2D eigenvalue weighted by molar-refractivity contribution is 6.04. The normalized spacial score (nSPS) is 27.7. The summed E-state index contributed by atoms with van der Waals surface area (Å²) in [7, 11) is 2.89. The molecule has 6 N–H and O–H groups in total. The molecule has 2 amide bonds. The first-order valence-electron chi connectivity index (χ1n) is 13.5. The molecule has 0 saturated carbocycles. The van der Waals surface area contributed by atoms with E-state index >= 15 is 0 Å². The number of aliphatic imine (C=N–C) groups is 1. The Labute approximate surface area is 245 Å². The molecule has 6 unspecified atom stereocenters. The predicted octanol–water partition coefficient (Wildman–Crippen LogP) is 4.23. The molecule has 0 spiro atoms. The highest BCUT2D eigenvalue weighted by atomic mass is 19.1. The van der Waals surface area contributed by atoms with E-state index in [-0.39, 0.29) is 46.3 Å². The topological polar surface area (TPSA) is 173 Å². The summed E-state index contributed by atoms with van der Waals surface area (Å²) in [5, 5.41) is 35.6. The van der Waals surface area contributed by atoms with Gasteiger partial charge in [0.1, 0.15) is 30.0 Å². The summed E-state index contributed by atoms with van der Waals surface area (Å²) < 4.78 is 29.4. The van der Waals surface area contributed by atoms with Crippen molar-refractivity contribution in [2.75, 3.05) is 26.2 Å². The Morgan fingerprint density at radius 1 is 1.24 bits per heavy atom. The average molecular weight is 592 g/mol. The van der Waals surface area contributed by atoms with Crippen molar-refractivity contribution in [3.8, 4) is 11.5 Å². The second kappa shape index (κ2) is 16.0. The Bertz CT molecular complexity index is 1230. The minimum Gasteiger partial charge on any atom is -0.506 e. The number of nitrogens with zero attached hydrogens (tertiary/aromatic N) is 1. The molecule has 1 aliphatic heterocycles. The molecule has 232 valence electrons. The van der Waals surface area contributed by atoms with Crippen molar-refractivity contribution in [2.24, 2.45) is 22.6 Å². The second-order valence-corrected chi connectivity index (χ2v) is 10.4. The Morgan fingerprint density at radius 2 is 1.93 bits per heavy atom. The lowest BCUT2D eigenvalue weighted by molar-refractivity contribution is -0.112. The van der Waals surface area contributed by atoms with Gasteiger partial charge in [-0.2, -0.15) is 0 Å². The van der Waals surface area contributed by atoms with Crippen molar-refractivity contribution in [1.82, 2.24) is 0 Å². The van der Waals surface area contributed by atoms with Crippen LogP contribution in [0.1, 0.15) is 39.7 Å². The number of methoxy groups -OCH3 is 2. The molecule has 12 heteroatoms. The molecule has 1 aliphatic rings. The largest absolute Gasteiger partial charge is 0.506 e. The van der Waals surface area contributed by atoms with E-state index in [4.69, 9.17) is 19.9 Å². The molecule has 42 heavy (non-hydrogen) atoms. The van der Waals surface area contributed by atoms with E-state index in [1.54, 1.807) is 39.0 Å². The number of aromatic hydroxyl groups is 2. The quantitative estimate of drug-likeness (QED) is 0.146. The number of anilines is 1. The Kier molecular flexibility index (Phi) is 13.2. The molecule has 6 atom stereocenters. The molecule has 2 bridgehead atoms. The number of nitrogens with two attached hydrogens (primary N) is 1. The van der Waals surface area contributed by atoms with Crippen LogP contribution in [-0.2, 0) is 25.4 Å². The van der Waals surface area contributed by atoms with Crippen molar-refractivity contribution in [3.63, 3.8) is 0 Å². The van der Waals surface area contributed by atoms with Gasteiger partial charge in [-0.05, 0) is 38.2 Å². The number of fused-ring (bicyclic) bond motifs is 2. The average Bonchev–Trinajstić information content (AvgIpc) is 2.94. The van der Waals surface area contributed by atoms with Gasteiger partial charge in [-0.25, -0.2) is 9.18 Å². The third-order valence-corrected chi connectivity index (χ3v) is 7.09. The first kappa shape index (κ1) is 34.5. The summed E-state index contributed by atoms with van der Waals surface area (Å²) in [6, 6.07) is 1.14. The van der Waals surface area contributed by atoms with Gasteiger partial charge in [-0.15, -0.1) is 0 Å². The standard InChI is InChI=1S/C30H42FN3O8/c1-16-12-20-25(33-11-10-31)22(35)15-21(27(20)37)34-29(38)17(2)8-7-9-23(40-5)28(42-30(32)39)19(4)14-18(3)26(36)24(13-16)41-6/h7-9,11,14-16,18,23-24,26,28,35-37H,10,12-13H2,1-6H3,(H2,32,39)(H,34,38)/b9-7?,17-8-,19-14?,33-11?. The fourth-order valence-corrected chi connectivity index (χ4v) is 4.86. The summed E-state index contributed by atoms with van der Waals surface area (Å²) in [6.45, 7) is 6.02. The number of aliphatic hydroxyl groups excluding tert-OH is 1. The number of allylic oxidation sites excluding steroid dienone is 2. The number of benzene rings is 1. The van der Waals surface area contributed by atoms with E-state index in [1.807, 2.05) is 6.92 Å². The van der Waals surface area contributed by atoms with Crippen LogP contribution in [0.5, 0.6) is 11.5 Å². The predicted molar refractivity (Wildman–Crippen MR) is 158 cm³/mol. The molecule has 1 aromatic carbocycles. The summed E-state index contributed by atoms with van der Waals surface area (Å²) in [5.41, 5.74) is 6.26. The molecule has 11 nitrogen and oxygen atoms in total. The van der Waals surface area contributed by atoms with Gasteiger partial charge in [0.15, 0.2) is 6.10 Å². The Morgan fingerprint density at radius 3 is 2.52 bits per heavy atom. The smallest absolute Gasteiger partial charge is 0.405 e. The van der Waals surface area contributed by atoms with Gasteiger partial charge in [0, 0.05) is 43.6 Å². The van der Waals surface area contributed by atoms with Crippen molar-refractivity contribution in [2.45, 2.75) is 65.0 Å².